The molecule has 1 aromatic carbocycles. The van der Waals surface area contributed by atoms with Gasteiger partial charge >= 0.3 is 6.09 Å². The maximum atomic E-state index is 11.7. The van der Waals surface area contributed by atoms with Crippen molar-refractivity contribution in [3.8, 4) is 17.2 Å². The van der Waals surface area contributed by atoms with E-state index in [-0.39, 0.29) is 17.3 Å². The number of carbonyl (C=O) groups is 1. The van der Waals surface area contributed by atoms with Gasteiger partial charge < -0.3 is 20.3 Å². The van der Waals surface area contributed by atoms with Crippen molar-refractivity contribution in [2.24, 2.45) is 0 Å². The van der Waals surface area contributed by atoms with Crippen molar-refractivity contribution in [2.45, 2.75) is 26.4 Å². The molecular formula is C16H19N3O4. The van der Waals surface area contributed by atoms with E-state index in [0.29, 0.717) is 11.4 Å². The Bertz CT molecular complexity index is 693. The SMILES string of the molecule is CC(C)(C)OC(=O)Nc1ccc(Oc2ccnc(N)c2O)cc1. The normalized spacial score (nSPS) is 10.9. The van der Waals surface area contributed by atoms with Crippen LogP contribution in [0.4, 0.5) is 16.3 Å². The van der Waals surface area contributed by atoms with Gasteiger partial charge in [0.1, 0.15) is 11.4 Å². The number of hydrogen-bond acceptors (Lipinski definition) is 6. The third-order valence-electron chi connectivity index (χ3n) is 2.64. The molecule has 0 fully saturated rings. The fourth-order valence-electron chi connectivity index (χ4n) is 1.69. The second-order valence-electron chi connectivity index (χ2n) is 5.80. The average molecular weight is 317 g/mol. The zero-order valence-electron chi connectivity index (χ0n) is 13.2. The molecule has 7 nitrogen and oxygen atoms in total. The van der Waals surface area contributed by atoms with Gasteiger partial charge in [-0.3, -0.25) is 5.32 Å². The first kappa shape index (κ1) is 16.4. The van der Waals surface area contributed by atoms with E-state index >= 15 is 0 Å². The van der Waals surface area contributed by atoms with Crippen LogP contribution in [-0.4, -0.2) is 21.8 Å². The highest BCUT2D eigenvalue weighted by Crippen LogP contribution is 2.33. The molecule has 0 saturated heterocycles. The van der Waals surface area contributed by atoms with Crippen LogP contribution in [0.1, 0.15) is 20.8 Å². The maximum Gasteiger partial charge on any atom is 0.412 e. The number of aromatic hydroxyl groups is 1. The first-order chi connectivity index (χ1) is 10.7. The molecule has 0 saturated carbocycles. The summed E-state index contributed by atoms with van der Waals surface area (Å²) in [5.41, 5.74) is 5.50. The molecule has 0 aliphatic rings. The number of nitrogens with two attached hydrogens (primary N) is 1. The average Bonchev–Trinajstić information content (AvgIpc) is 2.44. The monoisotopic (exact) mass is 317 g/mol. The summed E-state index contributed by atoms with van der Waals surface area (Å²) in [4.78, 5) is 15.4. The van der Waals surface area contributed by atoms with Gasteiger partial charge in [-0.15, -0.1) is 0 Å². The van der Waals surface area contributed by atoms with Crippen LogP contribution in [0.25, 0.3) is 0 Å². The Labute approximate surface area is 134 Å². The van der Waals surface area contributed by atoms with Gasteiger partial charge in [-0.2, -0.15) is 0 Å². The minimum Gasteiger partial charge on any atom is -0.502 e. The van der Waals surface area contributed by atoms with Gasteiger partial charge in [-0.1, -0.05) is 0 Å². The van der Waals surface area contributed by atoms with E-state index in [1.165, 1.54) is 12.3 Å². The van der Waals surface area contributed by atoms with Crippen LogP contribution >= 0.6 is 0 Å². The largest absolute Gasteiger partial charge is 0.502 e. The van der Waals surface area contributed by atoms with Gasteiger partial charge in [0.2, 0.25) is 5.75 Å². The van der Waals surface area contributed by atoms with E-state index in [4.69, 9.17) is 15.2 Å². The maximum absolute atomic E-state index is 11.7. The van der Waals surface area contributed by atoms with Crippen LogP contribution in [0.5, 0.6) is 17.2 Å². The van der Waals surface area contributed by atoms with Crippen molar-refractivity contribution >= 4 is 17.6 Å². The number of anilines is 2. The fraction of sp³-hybridized carbons (Fsp3) is 0.250. The molecule has 0 radical (unpaired) electrons. The molecule has 1 heterocycles. The number of pyridine rings is 1. The van der Waals surface area contributed by atoms with Crippen LogP contribution in [-0.2, 0) is 4.74 Å². The molecule has 0 aliphatic heterocycles. The lowest BCUT2D eigenvalue weighted by Crippen LogP contribution is -2.27. The Morgan fingerprint density at radius 1 is 1.22 bits per heavy atom. The van der Waals surface area contributed by atoms with Gasteiger partial charge in [0, 0.05) is 18.0 Å². The number of carbonyl (C=O) groups excluding carboxylic acids is 1. The van der Waals surface area contributed by atoms with Crippen LogP contribution in [0.3, 0.4) is 0 Å². The predicted molar refractivity (Wildman–Crippen MR) is 86.7 cm³/mol. The van der Waals surface area contributed by atoms with E-state index in [2.05, 4.69) is 10.3 Å². The number of ether oxygens (including phenoxy) is 2. The summed E-state index contributed by atoms with van der Waals surface area (Å²) >= 11 is 0. The number of aromatic nitrogens is 1. The highest BCUT2D eigenvalue weighted by atomic mass is 16.6. The smallest absolute Gasteiger partial charge is 0.412 e. The quantitative estimate of drug-likeness (QED) is 0.799. The molecule has 122 valence electrons. The number of benzene rings is 1. The van der Waals surface area contributed by atoms with E-state index in [1.807, 2.05) is 0 Å². The van der Waals surface area contributed by atoms with Gasteiger partial charge in [-0.25, -0.2) is 9.78 Å². The van der Waals surface area contributed by atoms with Crippen molar-refractivity contribution < 1.29 is 19.4 Å². The Morgan fingerprint density at radius 2 is 1.87 bits per heavy atom. The van der Waals surface area contributed by atoms with Crippen molar-refractivity contribution in [3.63, 3.8) is 0 Å². The third kappa shape index (κ3) is 4.77. The van der Waals surface area contributed by atoms with E-state index in [1.54, 1.807) is 45.0 Å². The van der Waals surface area contributed by atoms with Gasteiger partial charge in [0.25, 0.3) is 0 Å². The number of nitrogens with one attached hydrogen (secondary N) is 1. The lowest BCUT2D eigenvalue weighted by Gasteiger charge is -2.19. The Kier molecular flexibility index (Phi) is 4.59. The van der Waals surface area contributed by atoms with E-state index in [0.717, 1.165) is 0 Å². The van der Waals surface area contributed by atoms with Gasteiger partial charge in [-0.05, 0) is 45.0 Å². The summed E-state index contributed by atoms with van der Waals surface area (Å²) in [5.74, 6) is 0.445. The Morgan fingerprint density at radius 3 is 2.48 bits per heavy atom. The summed E-state index contributed by atoms with van der Waals surface area (Å²) < 4.78 is 10.7. The minimum atomic E-state index is -0.564. The zero-order chi connectivity index (χ0) is 17.0. The minimum absolute atomic E-state index is 0.00860. The van der Waals surface area contributed by atoms with Crippen molar-refractivity contribution in [3.05, 3.63) is 36.5 Å². The lowest BCUT2D eigenvalue weighted by atomic mass is 10.2. The van der Waals surface area contributed by atoms with Crippen LogP contribution in [0, 0.1) is 0 Å². The molecule has 2 aromatic rings. The van der Waals surface area contributed by atoms with Gasteiger partial charge in [0.15, 0.2) is 11.6 Å². The fourth-order valence-corrected chi connectivity index (χ4v) is 1.69. The van der Waals surface area contributed by atoms with Crippen LogP contribution in [0.2, 0.25) is 0 Å². The number of rotatable bonds is 3. The number of nitrogens with zero attached hydrogens (tertiary/aromatic N) is 1. The lowest BCUT2D eigenvalue weighted by molar-refractivity contribution is 0.0636. The van der Waals surface area contributed by atoms with E-state index < -0.39 is 11.7 Å². The van der Waals surface area contributed by atoms with Crippen LogP contribution < -0.4 is 15.8 Å². The molecule has 2 rings (SSSR count). The first-order valence-electron chi connectivity index (χ1n) is 6.96. The zero-order valence-corrected chi connectivity index (χ0v) is 13.2. The number of nitrogen functional groups attached to an aromatic ring is 1. The van der Waals surface area contributed by atoms with Crippen LogP contribution in [0.15, 0.2) is 36.5 Å². The molecule has 7 heteroatoms. The summed E-state index contributed by atoms with van der Waals surface area (Å²) in [6, 6.07) is 8.09. The first-order valence-corrected chi connectivity index (χ1v) is 6.96. The summed E-state index contributed by atoms with van der Waals surface area (Å²) in [6.45, 7) is 5.36. The van der Waals surface area contributed by atoms with Crippen molar-refractivity contribution in [1.82, 2.24) is 4.98 Å². The molecule has 4 N–H and O–H groups in total. The second kappa shape index (κ2) is 6.43. The summed E-state index contributed by atoms with van der Waals surface area (Å²) in [5, 5.41) is 12.4. The molecule has 0 bridgehead atoms. The Balaban J connectivity index is 2.02. The second-order valence-corrected chi connectivity index (χ2v) is 5.80. The summed E-state index contributed by atoms with van der Waals surface area (Å²) in [6.07, 6.45) is 0.897. The molecule has 0 unspecified atom stereocenters. The highest BCUT2D eigenvalue weighted by Gasteiger charge is 2.16. The number of hydrogen-bond donors (Lipinski definition) is 3. The topological polar surface area (TPSA) is 107 Å². The molecule has 0 spiro atoms. The Hall–Kier alpha value is -2.96. The molecule has 23 heavy (non-hydrogen) atoms. The molecule has 1 amide bonds. The molecular weight excluding hydrogens is 298 g/mol. The molecule has 0 atom stereocenters. The van der Waals surface area contributed by atoms with Crippen molar-refractivity contribution in [2.75, 3.05) is 11.1 Å². The van der Waals surface area contributed by atoms with Crippen molar-refractivity contribution in [1.29, 1.82) is 0 Å². The van der Waals surface area contributed by atoms with E-state index in [9.17, 15) is 9.90 Å². The predicted octanol–water partition coefficient (Wildman–Crippen LogP) is 3.51. The standard InChI is InChI=1S/C16H19N3O4/c1-16(2,3)23-15(21)19-10-4-6-11(7-5-10)22-12-8-9-18-14(17)13(12)20/h4-9,20H,1-3H3,(H2,17,18)(H,19,21). The third-order valence-corrected chi connectivity index (χ3v) is 2.64. The molecule has 1 aromatic heterocycles. The summed E-state index contributed by atoms with van der Waals surface area (Å²) in [7, 11) is 0. The molecule has 0 aliphatic carbocycles. The van der Waals surface area contributed by atoms with Gasteiger partial charge in [0.05, 0.1) is 0 Å². The number of amides is 1. The highest BCUT2D eigenvalue weighted by molar-refractivity contribution is 5.84.